The molecule has 0 atom stereocenters. The molecular weight excluding hydrogens is 744 g/mol. The standard InChI is InChI=1S/C26H46Si.C23H37I/c1-8-9-10-13-18-25(22-27(5,6)7)24-19-15-17-23(21-24)16-12-11-14-20-26(2,3)4;1-5-6-7-10-15-22(19-24)21-16-12-14-20(18-21)13-9-8-11-17-23(2,3)4/h15,17,19,21-22H,8-14,16,18,20H2,1-7H3;12,14,16,18-19H,5-11,13,15,17H2,1-4H3/b25-22+;22-19+. The summed E-state index contributed by atoms with van der Waals surface area (Å²) >= 11 is 2.41. The molecule has 0 nitrogen and oxygen atoms in total. The van der Waals surface area contributed by atoms with Crippen molar-refractivity contribution in [3.05, 3.63) is 80.6 Å². The molecule has 0 aliphatic carbocycles. The zero-order chi connectivity index (χ0) is 38.2. The van der Waals surface area contributed by atoms with Gasteiger partial charge in [-0.15, -0.1) is 0 Å². The molecule has 2 aromatic carbocycles. The van der Waals surface area contributed by atoms with Gasteiger partial charge in [0.1, 0.15) is 0 Å². The summed E-state index contributed by atoms with van der Waals surface area (Å²) in [7, 11) is -1.21. The molecule has 0 amide bonds. The summed E-state index contributed by atoms with van der Waals surface area (Å²) in [6.45, 7) is 26.0. The van der Waals surface area contributed by atoms with Gasteiger partial charge in [-0.25, -0.2) is 0 Å². The van der Waals surface area contributed by atoms with Crippen molar-refractivity contribution >= 4 is 41.8 Å². The highest BCUT2D eigenvalue weighted by atomic mass is 127. The molecule has 0 aliphatic heterocycles. The Labute approximate surface area is 334 Å². The van der Waals surface area contributed by atoms with E-state index in [4.69, 9.17) is 0 Å². The third kappa shape index (κ3) is 26.3. The largest absolute Gasteiger partial charge is 0.0913 e. The van der Waals surface area contributed by atoms with Gasteiger partial charge in [0.15, 0.2) is 0 Å². The van der Waals surface area contributed by atoms with E-state index in [0.29, 0.717) is 10.8 Å². The first-order chi connectivity index (χ1) is 24.1. The molecule has 0 N–H and O–H groups in total. The lowest BCUT2D eigenvalue weighted by Crippen LogP contribution is -2.16. The first kappa shape index (κ1) is 47.9. The topological polar surface area (TPSA) is 0 Å². The minimum atomic E-state index is -1.21. The van der Waals surface area contributed by atoms with Crippen LogP contribution in [0.3, 0.4) is 0 Å². The van der Waals surface area contributed by atoms with Crippen molar-refractivity contribution in [1.29, 1.82) is 0 Å². The highest BCUT2D eigenvalue weighted by molar-refractivity contribution is 14.1. The first-order valence-electron chi connectivity index (χ1n) is 21.3. The van der Waals surface area contributed by atoms with E-state index in [2.05, 4.69) is 156 Å². The fraction of sp³-hybridized carbons (Fsp3) is 0.673. The summed E-state index contributed by atoms with van der Waals surface area (Å²) < 4.78 is 2.28. The van der Waals surface area contributed by atoms with Gasteiger partial charge in [0.2, 0.25) is 0 Å². The molecule has 2 rings (SSSR count). The zero-order valence-corrected chi connectivity index (χ0v) is 39.0. The molecule has 0 fully saturated rings. The SMILES string of the molecule is CCCCCC/C(=C\I)c1cccc(CCCCCC(C)(C)C)c1.CCCCCC/C(=C\[Si](C)(C)C)c1cccc(CCCCCC(C)(C)C)c1. The van der Waals surface area contributed by atoms with Crippen LogP contribution in [-0.2, 0) is 12.8 Å². The Morgan fingerprint density at radius 1 is 0.549 bits per heavy atom. The Bertz CT molecular complexity index is 1230. The van der Waals surface area contributed by atoms with E-state index in [1.165, 1.54) is 156 Å². The van der Waals surface area contributed by atoms with E-state index in [9.17, 15) is 0 Å². The van der Waals surface area contributed by atoms with Crippen LogP contribution < -0.4 is 0 Å². The smallest absolute Gasteiger partial charge is 0.0690 e. The molecule has 0 heterocycles. The van der Waals surface area contributed by atoms with Gasteiger partial charge in [0.25, 0.3) is 0 Å². The number of hydrogen-bond donors (Lipinski definition) is 0. The molecular formula is C49H83ISi. The summed E-state index contributed by atoms with van der Waals surface area (Å²) in [6.07, 6.45) is 26.4. The van der Waals surface area contributed by atoms with Crippen LogP contribution in [0.2, 0.25) is 19.6 Å². The maximum atomic E-state index is 2.64. The van der Waals surface area contributed by atoms with Crippen LogP contribution in [0.15, 0.2) is 58.3 Å². The van der Waals surface area contributed by atoms with Crippen LogP contribution in [-0.4, -0.2) is 8.07 Å². The van der Waals surface area contributed by atoms with Crippen LogP contribution in [0, 0.1) is 10.8 Å². The maximum Gasteiger partial charge on any atom is 0.0690 e. The van der Waals surface area contributed by atoms with Gasteiger partial charge >= 0.3 is 0 Å². The Morgan fingerprint density at radius 2 is 0.961 bits per heavy atom. The predicted octanol–water partition coefficient (Wildman–Crippen LogP) is 17.6. The molecule has 0 aromatic heterocycles. The number of rotatable bonds is 23. The molecule has 0 radical (unpaired) electrons. The summed E-state index contributed by atoms with van der Waals surface area (Å²) in [5, 5.41) is 0. The fourth-order valence-corrected chi connectivity index (χ4v) is 8.77. The van der Waals surface area contributed by atoms with Crippen LogP contribution in [0.5, 0.6) is 0 Å². The maximum absolute atomic E-state index is 2.64. The Hall–Kier alpha value is -1.13. The molecule has 0 saturated carbocycles. The summed E-state index contributed by atoms with van der Waals surface area (Å²) in [6, 6.07) is 18.7. The van der Waals surface area contributed by atoms with Gasteiger partial charge in [-0.1, -0.05) is 216 Å². The highest BCUT2D eigenvalue weighted by Gasteiger charge is 2.14. The average Bonchev–Trinajstić information content (AvgIpc) is 3.05. The number of allylic oxidation sites excluding steroid dienone is 2. The van der Waals surface area contributed by atoms with E-state index in [1.54, 1.807) is 5.57 Å². The van der Waals surface area contributed by atoms with Gasteiger partial charge in [0, 0.05) is 0 Å². The summed E-state index contributed by atoms with van der Waals surface area (Å²) in [4.78, 5) is 0. The van der Waals surface area contributed by atoms with Crippen molar-refractivity contribution in [2.45, 2.75) is 203 Å². The lowest BCUT2D eigenvalue weighted by Gasteiger charge is -2.17. The predicted molar refractivity (Wildman–Crippen MR) is 247 cm³/mol. The monoisotopic (exact) mass is 827 g/mol. The summed E-state index contributed by atoms with van der Waals surface area (Å²) in [5.74, 6) is 0. The third-order valence-corrected chi connectivity index (χ3v) is 11.7. The van der Waals surface area contributed by atoms with Crippen molar-refractivity contribution in [3.8, 4) is 0 Å². The molecule has 0 aliphatic rings. The number of benzene rings is 2. The van der Waals surface area contributed by atoms with Crippen LogP contribution in [0.4, 0.5) is 0 Å². The van der Waals surface area contributed by atoms with Gasteiger partial charge < -0.3 is 0 Å². The molecule has 51 heavy (non-hydrogen) atoms. The number of unbranched alkanes of at least 4 members (excludes halogenated alkanes) is 10. The molecule has 0 saturated heterocycles. The second-order valence-corrected chi connectivity index (χ2v) is 24.6. The number of hydrogen-bond acceptors (Lipinski definition) is 0. The minimum absolute atomic E-state index is 0.480. The van der Waals surface area contributed by atoms with Crippen LogP contribution in [0.25, 0.3) is 11.1 Å². The number of halogens is 1. The lowest BCUT2D eigenvalue weighted by atomic mass is 9.89. The molecule has 2 aromatic rings. The molecule has 2 heteroatoms. The van der Waals surface area contributed by atoms with E-state index < -0.39 is 8.07 Å². The highest BCUT2D eigenvalue weighted by Crippen LogP contribution is 2.28. The van der Waals surface area contributed by atoms with E-state index >= 15 is 0 Å². The van der Waals surface area contributed by atoms with Crippen molar-refractivity contribution in [2.24, 2.45) is 10.8 Å². The quantitative estimate of drug-likeness (QED) is 0.0595. The lowest BCUT2D eigenvalue weighted by molar-refractivity contribution is 0.358. The van der Waals surface area contributed by atoms with Crippen molar-refractivity contribution < 1.29 is 0 Å². The fourth-order valence-electron chi connectivity index (χ4n) is 6.74. The third-order valence-electron chi connectivity index (χ3n) is 9.72. The van der Waals surface area contributed by atoms with Gasteiger partial charge in [-0.05, 0) is 113 Å². The van der Waals surface area contributed by atoms with Crippen molar-refractivity contribution in [3.63, 3.8) is 0 Å². The average molecular weight is 827 g/mol. The Morgan fingerprint density at radius 3 is 1.35 bits per heavy atom. The van der Waals surface area contributed by atoms with E-state index in [1.807, 2.05) is 0 Å². The van der Waals surface area contributed by atoms with Gasteiger partial charge in [0.05, 0.1) is 8.07 Å². The first-order valence-corrected chi connectivity index (χ1v) is 26.1. The number of aryl methyl sites for hydroxylation is 2. The molecule has 290 valence electrons. The van der Waals surface area contributed by atoms with Crippen LogP contribution >= 0.6 is 22.6 Å². The molecule has 0 unspecified atom stereocenters. The minimum Gasteiger partial charge on any atom is -0.0913 e. The van der Waals surface area contributed by atoms with Crippen LogP contribution in [0.1, 0.15) is 193 Å². The Kier molecular flexibility index (Phi) is 25.0. The molecule has 0 spiro atoms. The van der Waals surface area contributed by atoms with E-state index in [0.717, 1.165) is 0 Å². The normalized spacial score (nSPS) is 12.9. The second-order valence-electron chi connectivity index (χ2n) is 18.9. The Balaban J connectivity index is 0.000000514. The summed E-state index contributed by atoms with van der Waals surface area (Å²) in [5.41, 5.74) is 12.7. The van der Waals surface area contributed by atoms with Crippen molar-refractivity contribution in [2.75, 3.05) is 0 Å². The second kappa shape index (κ2) is 26.6. The molecule has 0 bridgehead atoms. The van der Waals surface area contributed by atoms with Crippen molar-refractivity contribution in [1.82, 2.24) is 0 Å². The van der Waals surface area contributed by atoms with Gasteiger partial charge in [-0.2, -0.15) is 0 Å². The van der Waals surface area contributed by atoms with E-state index in [-0.39, 0.29) is 0 Å². The van der Waals surface area contributed by atoms with Gasteiger partial charge in [-0.3, -0.25) is 0 Å². The zero-order valence-electron chi connectivity index (χ0n) is 35.8.